The lowest BCUT2D eigenvalue weighted by Gasteiger charge is -1.91. The lowest BCUT2D eigenvalue weighted by Crippen LogP contribution is -3.00. The van der Waals surface area contributed by atoms with Crippen molar-refractivity contribution in [3.05, 3.63) is 30.4 Å². The van der Waals surface area contributed by atoms with Crippen molar-refractivity contribution in [3.8, 4) is 10.6 Å². The van der Waals surface area contributed by atoms with Crippen molar-refractivity contribution in [1.29, 1.82) is 0 Å². The monoisotopic (exact) mass is 319 g/mol. The first-order valence-corrected chi connectivity index (χ1v) is 4.79. The molecule has 2 aromatic rings. The molecule has 0 unspecified atom stereocenters. The van der Waals surface area contributed by atoms with Crippen LogP contribution in [0.5, 0.6) is 0 Å². The van der Waals surface area contributed by atoms with Gasteiger partial charge in [-0.25, -0.2) is 9.55 Å². The molecule has 0 spiro atoms. The number of hydrogen-bond acceptors (Lipinski definition) is 3. The third-order valence-electron chi connectivity index (χ3n) is 1.71. The van der Waals surface area contributed by atoms with Crippen molar-refractivity contribution in [2.75, 3.05) is 0 Å². The Kier molecular flexibility index (Phi) is 3.94. The summed E-state index contributed by atoms with van der Waals surface area (Å²) in [5.41, 5.74) is 1.12. The van der Waals surface area contributed by atoms with Crippen LogP contribution in [0.15, 0.2) is 24.5 Å². The van der Waals surface area contributed by atoms with E-state index in [-0.39, 0.29) is 24.0 Å². The number of aromatic nitrogens is 3. The van der Waals surface area contributed by atoms with Crippen LogP contribution in [0, 0.1) is 6.92 Å². The maximum atomic E-state index is 4.32. The fourth-order valence-electron chi connectivity index (χ4n) is 1.13. The number of hydrogen-bond donors (Lipinski definition) is 0. The second-order valence-electron chi connectivity index (χ2n) is 2.90. The Morgan fingerprint density at radius 3 is 2.79 bits per heavy atom. The highest BCUT2D eigenvalue weighted by atomic mass is 127. The van der Waals surface area contributed by atoms with Crippen LogP contribution in [0.4, 0.5) is 0 Å². The van der Waals surface area contributed by atoms with Crippen LogP contribution in [0.1, 0.15) is 5.82 Å². The van der Waals surface area contributed by atoms with E-state index in [9.17, 15) is 0 Å². The maximum Gasteiger partial charge on any atom is 0.178 e. The Hall–Kier alpha value is -0.560. The van der Waals surface area contributed by atoms with Gasteiger partial charge in [-0.15, -0.1) is 0 Å². The molecule has 0 radical (unpaired) electrons. The fraction of sp³-hybridized carbons (Fsp3) is 0.222. The van der Waals surface area contributed by atoms with Gasteiger partial charge in [0.1, 0.15) is 17.9 Å². The molecular formula is C9H10IN3S. The highest BCUT2D eigenvalue weighted by Gasteiger charge is 2.06. The molecule has 0 fully saturated rings. The summed E-state index contributed by atoms with van der Waals surface area (Å²) in [6, 6.07) is 4.05. The summed E-state index contributed by atoms with van der Waals surface area (Å²) < 4.78 is 6.15. The minimum atomic E-state index is 0. The van der Waals surface area contributed by atoms with Crippen molar-refractivity contribution >= 4 is 11.5 Å². The molecule has 0 N–H and O–H groups in total. The third-order valence-corrected chi connectivity index (χ3v) is 2.57. The molecule has 0 bridgehead atoms. The summed E-state index contributed by atoms with van der Waals surface area (Å²) in [5.74, 6) is 0.839. The van der Waals surface area contributed by atoms with Gasteiger partial charge in [0.05, 0.1) is 5.56 Å². The van der Waals surface area contributed by atoms with Crippen molar-refractivity contribution in [2.24, 2.45) is 7.05 Å². The number of halogens is 1. The molecule has 0 aliphatic carbocycles. The zero-order valence-corrected chi connectivity index (χ0v) is 10.9. The number of nitrogens with zero attached hydrogens (tertiary/aromatic N) is 3. The van der Waals surface area contributed by atoms with Gasteiger partial charge in [-0.05, 0) is 24.5 Å². The first-order chi connectivity index (χ1) is 6.25. The summed E-state index contributed by atoms with van der Waals surface area (Å²) in [6.07, 6.45) is 4.04. The molecule has 2 heterocycles. The molecule has 0 atom stereocenters. The zero-order valence-electron chi connectivity index (χ0n) is 7.94. The van der Waals surface area contributed by atoms with E-state index < -0.39 is 0 Å². The molecule has 14 heavy (non-hydrogen) atoms. The third kappa shape index (κ3) is 2.48. The predicted molar refractivity (Wildman–Crippen MR) is 51.3 cm³/mol. The van der Waals surface area contributed by atoms with Crippen molar-refractivity contribution in [2.45, 2.75) is 6.92 Å². The molecule has 0 amide bonds. The van der Waals surface area contributed by atoms with Gasteiger partial charge in [0.2, 0.25) is 0 Å². The highest BCUT2D eigenvalue weighted by molar-refractivity contribution is 7.09. The van der Waals surface area contributed by atoms with E-state index in [1.165, 1.54) is 11.5 Å². The summed E-state index contributed by atoms with van der Waals surface area (Å²) in [7, 11) is 2.00. The van der Waals surface area contributed by atoms with Crippen LogP contribution in [0.3, 0.4) is 0 Å². The number of aryl methyl sites for hydroxylation is 2. The molecule has 0 aromatic carbocycles. The Labute approximate surface area is 104 Å². The van der Waals surface area contributed by atoms with Crippen molar-refractivity contribution < 1.29 is 28.5 Å². The summed E-state index contributed by atoms with van der Waals surface area (Å²) in [6.45, 7) is 1.91. The largest absolute Gasteiger partial charge is 1.00 e. The van der Waals surface area contributed by atoms with E-state index in [0.29, 0.717) is 0 Å². The van der Waals surface area contributed by atoms with Crippen LogP contribution < -0.4 is 28.5 Å². The van der Waals surface area contributed by atoms with Gasteiger partial charge in [-0.1, -0.05) is 0 Å². The van der Waals surface area contributed by atoms with E-state index in [1.54, 1.807) is 0 Å². The molecule has 2 rings (SSSR count). The lowest BCUT2D eigenvalue weighted by atomic mass is 10.3. The lowest BCUT2D eigenvalue weighted by molar-refractivity contribution is -0.671. The summed E-state index contributed by atoms with van der Waals surface area (Å²) in [5, 5.41) is 0.980. The van der Waals surface area contributed by atoms with E-state index in [4.69, 9.17) is 0 Å². The van der Waals surface area contributed by atoms with Crippen molar-refractivity contribution in [1.82, 2.24) is 9.36 Å². The smallest absolute Gasteiger partial charge is 0.178 e. The second-order valence-corrected chi connectivity index (χ2v) is 3.66. The Bertz CT molecular complexity index is 428. The van der Waals surface area contributed by atoms with E-state index in [1.807, 2.05) is 43.1 Å². The summed E-state index contributed by atoms with van der Waals surface area (Å²) >= 11 is 1.44. The van der Waals surface area contributed by atoms with Gasteiger partial charge < -0.3 is 24.0 Å². The quantitative estimate of drug-likeness (QED) is 0.465. The molecule has 0 saturated carbocycles. The zero-order chi connectivity index (χ0) is 9.26. The van der Waals surface area contributed by atoms with Gasteiger partial charge in [0.25, 0.3) is 0 Å². The molecule has 0 aliphatic rings. The average Bonchev–Trinajstić information content (AvgIpc) is 2.52. The van der Waals surface area contributed by atoms with Gasteiger partial charge in [0.15, 0.2) is 12.4 Å². The number of pyridine rings is 1. The van der Waals surface area contributed by atoms with E-state index in [2.05, 4.69) is 9.36 Å². The standard InChI is InChI=1S/C9H10N3S.HI/c1-7-10-9(13-11-7)8-4-3-5-12(2)6-8;/h3-6H,1-2H3;1H/q+1;/p-1. The second kappa shape index (κ2) is 4.79. The van der Waals surface area contributed by atoms with Crippen molar-refractivity contribution in [3.63, 3.8) is 0 Å². The van der Waals surface area contributed by atoms with Crippen LogP contribution >= 0.6 is 11.5 Å². The molecule has 74 valence electrons. The molecule has 5 heteroatoms. The molecule has 2 aromatic heterocycles. The van der Waals surface area contributed by atoms with Crippen LogP contribution in [-0.4, -0.2) is 9.36 Å². The maximum absolute atomic E-state index is 4.32. The number of rotatable bonds is 1. The Morgan fingerprint density at radius 1 is 1.43 bits per heavy atom. The minimum absolute atomic E-state index is 0. The molecule has 3 nitrogen and oxygen atoms in total. The normalized spacial score (nSPS) is 9.57. The van der Waals surface area contributed by atoms with Crippen LogP contribution in [0.25, 0.3) is 10.6 Å². The van der Waals surface area contributed by atoms with E-state index in [0.717, 1.165) is 16.4 Å². The van der Waals surface area contributed by atoms with Gasteiger partial charge in [-0.3, -0.25) is 0 Å². The molecule has 0 saturated heterocycles. The van der Waals surface area contributed by atoms with Gasteiger partial charge in [0, 0.05) is 6.07 Å². The first-order valence-electron chi connectivity index (χ1n) is 4.02. The first kappa shape index (κ1) is 11.5. The Morgan fingerprint density at radius 2 is 2.21 bits per heavy atom. The van der Waals surface area contributed by atoms with Gasteiger partial charge in [-0.2, -0.15) is 4.37 Å². The Balaban J connectivity index is 0.000000980. The molecular weight excluding hydrogens is 309 g/mol. The van der Waals surface area contributed by atoms with E-state index >= 15 is 0 Å². The minimum Gasteiger partial charge on any atom is -1.00 e. The summed E-state index contributed by atoms with van der Waals surface area (Å²) in [4.78, 5) is 4.32. The van der Waals surface area contributed by atoms with Gasteiger partial charge >= 0.3 is 0 Å². The van der Waals surface area contributed by atoms with Crippen LogP contribution in [0.2, 0.25) is 0 Å². The molecule has 0 aliphatic heterocycles. The highest BCUT2D eigenvalue weighted by Crippen LogP contribution is 2.18. The predicted octanol–water partition coefficient (Wildman–Crippen LogP) is -1.66. The van der Waals surface area contributed by atoms with Crippen LogP contribution in [-0.2, 0) is 7.05 Å². The SMILES string of the molecule is Cc1nsc(-c2ccc[n+](C)c2)n1.[I-]. The topological polar surface area (TPSA) is 29.7 Å². The fourth-order valence-corrected chi connectivity index (χ4v) is 1.79. The average molecular weight is 319 g/mol.